The van der Waals surface area contributed by atoms with Crippen LogP contribution in [0.3, 0.4) is 0 Å². The smallest absolute Gasteiger partial charge is 0.225 e. The molecule has 0 aliphatic heterocycles. The quantitative estimate of drug-likeness (QED) is 0.334. The highest BCUT2D eigenvalue weighted by Crippen LogP contribution is 2.15. The lowest BCUT2D eigenvalue weighted by atomic mass is 10.3. The number of nitrogens with zero attached hydrogens (tertiary/aromatic N) is 3. The van der Waals surface area contributed by atoms with E-state index in [4.69, 9.17) is 10.4 Å². The predicted molar refractivity (Wildman–Crippen MR) is 51.1 cm³/mol. The molecule has 0 saturated carbocycles. The average molecular weight is 225 g/mol. The van der Waals surface area contributed by atoms with Crippen molar-refractivity contribution < 1.29 is 8.42 Å². The van der Waals surface area contributed by atoms with Crippen LogP contribution >= 0.6 is 0 Å². The van der Waals surface area contributed by atoms with Gasteiger partial charge in [-0.3, -0.25) is 0 Å². The number of nitriles is 1. The second kappa shape index (κ2) is 4.50. The molecule has 0 bridgehead atoms. The van der Waals surface area contributed by atoms with Gasteiger partial charge in [-0.2, -0.15) is 10.7 Å². The highest BCUT2D eigenvalue weighted by atomic mass is 32.2. The van der Waals surface area contributed by atoms with Crippen molar-refractivity contribution in [3.8, 4) is 6.19 Å². The van der Waals surface area contributed by atoms with E-state index in [2.05, 4.69) is 10.3 Å². The normalized spacial score (nSPS) is 11.2. The fourth-order valence-corrected chi connectivity index (χ4v) is 1.32. The maximum absolute atomic E-state index is 10.9. The van der Waals surface area contributed by atoms with Crippen LogP contribution in [-0.4, -0.2) is 8.42 Å². The van der Waals surface area contributed by atoms with E-state index in [0.717, 1.165) is 0 Å². The summed E-state index contributed by atoms with van der Waals surface area (Å²) in [6.45, 7) is 0. The number of benzene rings is 1. The highest BCUT2D eigenvalue weighted by Gasteiger charge is 2.05. The fraction of sp³-hybridized carbons (Fsp3) is 0. The Morgan fingerprint density at radius 2 is 1.93 bits per heavy atom. The molecule has 0 aliphatic rings. The number of hydrogen-bond acceptors (Lipinski definition) is 5. The summed E-state index contributed by atoms with van der Waals surface area (Å²) < 4.78 is 21.7. The van der Waals surface area contributed by atoms with Crippen molar-refractivity contribution in [3.05, 3.63) is 24.3 Å². The Morgan fingerprint density at radius 3 is 2.40 bits per heavy atom. The number of primary sulfonamides is 1. The Morgan fingerprint density at radius 1 is 1.33 bits per heavy atom. The standard InChI is InChI=1S/C7H7N5O2S/c8-5-10-12-11-6-1-3-7(4-2-6)15(9,13)14/h1-4H,(H,10,11)(H2,9,13,14). The van der Waals surface area contributed by atoms with Gasteiger partial charge in [-0.1, -0.05) is 5.22 Å². The summed E-state index contributed by atoms with van der Waals surface area (Å²) in [7, 11) is -3.68. The van der Waals surface area contributed by atoms with Crippen LogP contribution in [0.15, 0.2) is 39.5 Å². The molecule has 78 valence electrons. The van der Waals surface area contributed by atoms with Crippen LogP contribution < -0.4 is 10.6 Å². The second-order valence-corrected chi connectivity index (χ2v) is 4.02. The van der Waals surface area contributed by atoms with Crippen molar-refractivity contribution in [2.45, 2.75) is 4.90 Å². The van der Waals surface area contributed by atoms with E-state index in [0.29, 0.717) is 5.69 Å². The maximum Gasteiger partial charge on any atom is 0.238 e. The van der Waals surface area contributed by atoms with Crippen LogP contribution in [0.1, 0.15) is 0 Å². The Hall–Kier alpha value is -1.98. The molecule has 0 aromatic heterocycles. The van der Waals surface area contributed by atoms with Crippen molar-refractivity contribution in [2.24, 2.45) is 15.5 Å². The van der Waals surface area contributed by atoms with Gasteiger partial charge in [-0.05, 0) is 24.3 Å². The zero-order chi connectivity index (χ0) is 11.3. The zero-order valence-corrected chi connectivity index (χ0v) is 8.27. The molecule has 0 radical (unpaired) electrons. The molecule has 3 N–H and O–H groups in total. The number of nitrogens with one attached hydrogen (secondary N) is 1. The fourth-order valence-electron chi connectivity index (χ4n) is 0.808. The second-order valence-electron chi connectivity index (χ2n) is 2.46. The first-order chi connectivity index (χ1) is 7.04. The molecular formula is C7H7N5O2S. The number of hydrogen-bond donors (Lipinski definition) is 2. The van der Waals surface area contributed by atoms with Crippen LogP contribution in [0.2, 0.25) is 0 Å². The largest absolute Gasteiger partial charge is 0.238 e. The van der Waals surface area contributed by atoms with Crippen LogP contribution in [0.25, 0.3) is 0 Å². The SMILES string of the molecule is N#CNN=Nc1ccc(S(N)(=O)=O)cc1. The average Bonchev–Trinajstić information content (AvgIpc) is 2.18. The van der Waals surface area contributed by atoms with E-state index in [9.17, 15) is 8.42 Å². The molecule has 0 amide bonds. The van der Waals surface area contributed by atoms with Gasteiger partial charge in [0.2, 0.25) is 10.0 Å². The van der Waals surface area contributed by atoms with E-state index >= 15 is 0 Å². The number of sulfonamides is 1. The minimum Gasteiger partial charge on any atom is -0.225 e. The van der Waals surface area contributed by atoms with E-state index in [-0.39, 0.29) is 4.90 Å². The molecule has 0 unspecified atom stereocenters. The summed E-state index contributed by atoms with van der Waals surface area (Å²) in [5, 5.41) is 19.8. The molecule has 0 heterocycles. The third kappa shape index (κ3) is 3.34. The van der Waals surface area contributed by atoms with Gasteiger partial charge >= 0.3 is 0 Å². The lowest BCUT2D eigenvalue weighted by Gasteiger charge is -1.96. The summed E-state index contributed by atoms with van der Waals surface area (Å²) >= 11 is 0. The topological polar surface area (TPSA) is 121 Å². The van der Waals surface area contributed by atoms with Crippen molar-refractivity contribution in [2.75, 3.05) is 0 Å². The summed E-state index contributed by atoms with van der Waals surface area (Å²) in [6, 6.07) is 5.44. The number of nitrogens with two attached hydrogens (primary N) is 1. The third-order valence-electron chi connectivity index (χ3n) is 1.43. The Bertz CT molecular complexity index is 499. The predicted octanol–water partition coefficient (Wildman–Crippen LogP) is 0.403. The van der Waals surface area contributed by atoms with Gasteiger partial charge in [0.1, 0.15) is 0 Å². The van der Waals surface area contributed by atoms with E-state index in [1.165, 1.54) is 24.3 Å². The van der Waals surface area contributed by atoms with Crippen molar-refractivity contribution in [3.63, 3.8) is 0 Å². The molecule has 0 saturated heterocycles. The first-order valence-electron chi connectivity index (χ1n) is 3.72. The zero-order valence-electron chi connectivity index (χ0n) is 7.45. The summed E-state index contributed by atoms with van der Waals surface area (Å²) in [6.07, 6.45) is 1.55. The molecule has 0 atom stereocenters. The van der Waals surface area contributed by atoms with Gasteiger partial charge in [0.25, 0.3) is 0 Å². The van der Waals surface area contributed by atoms with Gasteiger partial charge in [-0.25, -0.2) is 13.6 Å². The molecule has 7 nitrogen and oxygen atoms in total. The molecule has 8 heteroatoms. The van der Waals surface area contributed by atoms with Gasteiger partial charge in [0, 0.05) is 0 Å². The van der Waals surface area contributed by atoms with Gasteiger partial charge < -0.3 is 0 Å². The van der Waals surface area contributed by atoms with Crippen LogP contribution in [0.5, 0.6) is 0 Å². The molecular weight excluding hydrogens is 218 g/mol. The Labute approximate surface area is 86.3 Å². The van der Waals surface area contributed by atoms with Crippen molar-refractivity contribution >= 4 is 15.7 Å². The molecule has 0 aliphatic carbocycles. The highest BCUT2D eigenvalue weighted by molar-refractivity contribution is 7.89. The Balaban J connectivity index is 2.87. The Kier molecular flexibility index (Phi) is 3.33. The lowest BCUT2D eigenvalue weighted by Crippen LogP contribution is -2.11. The van der Waals surface area contributed by atoms with E-state index in [1.807, 2.05) is 5.43 Å². The van der Waals surface area contributed by atoms with Gasteiger partial charge in [0.15, 0.2) is 6.19 Å². The van der Waals surface area contributed by atoms with Gasteiger partial charge in [-0.15, -0.1) is 5.11 Å². The van der Waals surface area contributed by atoms with Crippen LogP contribution in [0.4, 0.5) is 5.69 Å². The summed E-state index contributed by atoms with van der Waals surface area (Å²) in [5.41, 5.74) is 2.37. The molecule has 1 aromatic rings. The lowest BCUT2D eigenvalue weighted by molar-refractivity contribution is 0.598. The molecule has 15 heavy (non-hydrogen) atoms. The maximum atomic E-state index is 10.9. The summed E-state index contributed by atoms with van der Waals surface area (Å²) in [4.78, 5) is -0.00491. The minimum absolute atomic E-state index is 0.00491. The van der Waals surface area contributed by atoms with Crippen molar-refractivity contribution in [1.82, 2.24) is 5.43 Å². The first kappa shape index (κ1) is 11.1. The van der Waals surface area contributed by atoms with E-state index in [1.54, 1.807) is 6.19 Å². The van der Waals surface area contributed by atoms with Crippen LogP contribution in [-0.2, 0) is 10.0 Å². The molecule has 0 spiro atoms. The monoisotopic (exact) mass is 225 g/mol. The molecule has 1 aromatic carbocycles. The first-order valence-corrected chi connectivity index (χ1v) is 5.26. The molecule has 1 rings (SSSR count). The number of rotatable bonds is 3. The van der Waals surface area contributed by atoms with Gasteiger partial charge in [0.05, 0.1) is 10.6 Å². The van der Waals surface area contributed by atoms with Crippen molar-refractivity contribution in [1.29, 1.82) is 5.26 Å². The van der Waals surface area contributed by atoms with E-state index < -0.39 is 10.0 Å². The molecule has 0 fully saturated rings. The third-order valence-corrected chi connectivity index (χ3v) is 2.36. The summed E-state index contributed by atoms with van der Waals surface area (Å²) in [5.74, 6) is 0. The minimum atomic E-state index is -3.68. The van der Waals surface area contributed by atoms with Crippen LogP contribution in [0, 0.1) is 11.5 Å².